The van der Waals surface area contributed by atoms with Crippen molar-refractivity contribution in [2.75, 3.05) is 21.3 Å². The van der Waals surface area contributed by atoms with E-state index in [9.17, 15) is 4.79 Å². The molecule has 0 aromatic heterocycles. The molecule has 0 aliphatic carbocycles. The minimum absolute atomic E-state index is 0.179. The van der Waals surface area contributed by atoms with E-state index in [1.165, 1.54) is 27.4 Å². The second-order valence-electron chi connectivity index (χ2n) is 4.77. The molecule has 2 aromatic carbocycles. The molecule has 0 atom stereocenters. The third-order valence-electron chi connectivity index (χ3n) is 3.23. The van der Waals surface area contributed by atoms with Gasteiger partial charge in [0.1, 0.15) is 5.02 Å². The lowest BCUT2D eigenvalue weighted by molar-refractivity contribution is -0.128. The van der Waals surface area contributed by atoms with Crippen LogP contribution in [0.15, 0.2) is 36.4 Å². The van der Waals surface area contributed by atoms with Gasteiger partial charge >= 0.3 is 5.97 Å². The summed E-state index contributed by atoms with van der Waals surface area (Å²) in [5.74, 6) is 1.02. The number of carbonyl (C=O) groups is 1. The first-order chi connectivity index (χ1) is 12.0. The number of hydrogen-bond donors (Lipinski definition) is 0. The van der Waals surface area contributed by atoms with Crippen molar-refractivity contribution in [3.63, 3.8) is 0 Å². The van der Waals surface area contributed by atoms with E-state index in [4.69, 9.17) is 42.1 Å². The molecule has 2 aromatic rings. The summed E-state index contributed by atoms with van der Waals surface area (Å²) in [6, 6.07) is 8.21. The highest BCUT2D eigenvalue weighted by Gasteiger charge is 2.13. The Hall–Kier alpha value is -2.37. The van der Waals surface area contributed by atoms with Crippen molar-refractivity contribution < 1.29 is 23.7 Å². The molecular weight excluding hydrogens is 367 g/mol. The molecule has 25 heavy (non-hydrogen) atoms. The smallest absolute Gasteiger partial charge is 0.336 e. The first kappa shape index (κ1) is 19.0. The van der Waals surface area contributed by atoms with Gasteiger partial charge in [0, 0.05) is 6.08 Å². The molecule has 2 rings (SSSR count). The Balaban J connectivity index is 2.21. The summed E-state index contributed by atoms with van der Waals surface area (Å²) in [4.78, 5) is 12.0. The SMILES string of the molecule is COc1cc(/C=C/C(=O)Oc2cccc(Cl)c2Cl)cc(OC)c1OC. The standard InChI is InChI=1S/C18H16Cl2O5/c1-22-14-9-11(10-15(23-2)18(14)24-3)7-8-16(21)25-13-6-4-5-12(19)17(13)20/h4-10H,1-3H3/b8-7+. The maximum Gasteiger partial charge on any atom is 0.336 e. The first-order valence-electron chi connectivity index (χ1n) is 7.14. The van der Waals surface area contributed by atoms with Gasteiger partial charge in [0.25, 0.3) is 0 Å². The fourth-order valence-corrected chi connectivity index (χ4v) is 2.40. The van der Waals surface area contributed by atoms with Gasteiger partial charge in [0.05, 0.1) is 26.4 Å². The van der Waals surface area contributed by atoms with Gasteiger partial charge in [-0.05, 0) is 35.9 Å². The average Bonchev–Trinajstić information content (AvgIpc) is 2.62. The van der Waals surface area contributed by atoms with Crippen molar-refractivity contribution in [1.82, 2.24) is 0 Å². The van der Waals surface area contributed by atoms with Crippen LogP contribution < -0.4 is 18.9 Å². The van der Waals surface area contributed by atoms with Crippen LogP contribution >= 0.6 is 23.2 Å². The lowest BCUT2D eigenvalue weighted by Crippen LogP contribution is -2.04. The molecule has 0 unspecified atom stereocenters. The molecule has 0 spiro atoms. The Bertz CT molecular complexity index is 777. The third kappa shape index (κ3) is 4.59. The minimum Gasteiger partial charge on any atom is -0.493 e. The Labute approximate surface area is 155 Å². The highest BCUT2D eigenvalue weighted by Crippen LogP contribution is 2.38. The van der Waals surface area contributed by atoms with Gasteiger partial charge in [-0.1, -0.05) is 29.3 Å². The van der Waals surface area contributed by atoms with Crippen LogP contribution in [0.3, 0.4) is 0 Å². The van der Waals surface area contributed by atoms with Gasteiger partial charge in [0.15, 0.2) is 17.2 Å². The van der Waals surface area contributed by atoms with Gasteiger partial charge in [-0.25, -0.2) is 4.79 Å². The first-order valence-corrected chi connectivity index (χ1v) is 7.89. The Morgan fingerprint density at radius 1 is 0.960 bits per heavy atom. The number of esters is 1. The van der Waals surface area contributed by atoms with Crippen molar-refractivity contribution >= 4 is 35.2 Å². The van der Waals surface area contributed by atoms with Crippen LogP contribution in [0.5, 0.6) is 23.0 Å². The van der Waals surface area contributed by atoms with Crippen LogP contribution in [0.2, 0.25) is 10.0 Å². The molecule has 0 saturated carbocycles. The molecule has 7 heteroatoms. The van der Waals surface area contributed by atoms with Crippen LogP contribution in [0.1, 0.15) is 5.56 Å². The zero-order valence-corrected chi connectivity index (χ0v) is 15.4. The molecule has 0 heterocycles. The fourth-order valence-electron chi connectivity index (χ4n) is 2.07. The van der Waals surface area contributed by atoms with E-state index in [1.807, 2.05) is 0 Å². The van der Waals surface area contributed by atoms with Crippen LogP contribution in [-0.4, -0.2) is 27.3 Å². The van der Waals surface area contributed by atoms with Gasteiger partial charge < -0.3 is 18.9 Å². The molecule has 0 radical (unpaired) electrons. The summed E-state index contributed by atoms with van der Waals surface area (Å²) in [5.41, 5.74) is 0.670. The van der Waals surface area contributed by atoms with E-state index in [2.05, 4.69) is 0 Å². The van der Waals surface area contributed by atoms with E-state index < -0.39 is 5.97 Å². The molecule has 0 amide bonds. The number of rotatable bonds is 6. The molecule has 5 nitrogen and oxygen atoms in total. The second-order valence-corrected chi connectivity index (χ2v) is 5.55. The normalized spacial score (nSPS) is 10.6. The summed E-state index contributed by atoms with van der Waals surface area (Å²) in [6.07, 6.45) is 2.82. The number of halogens is 2. The van der Waals surface area contributed by atoms with Crippen LogP contribution in [0.25, 0.3) is 6.08 Å². The zero-order chi connectivity index (χ0) is 18.4. The molecule has 132 valence electrons. The number of methoxy groups -OCH3 is 3. The molecule has 0 aliphatic rings. The Morgan fingerprint density at radius 2 is 1.60 bits per heavy atom. The highest BCUT2D eigenvalue weighted by atomic mass is 35.5. The van der Waals surface area contributed by atoms with E-state index in [0.29, 0.717) is 27.8 Å². The molecule has 0 aliphatic heterocycles. The van der Waals surface area contributed by atoms with Crippen LogP contribution in [0.4, 0.5) is 0 Å². The molecule has 0 fully saturated rings. The van der Waals surface area contributed by atoms with E-state index in [0.717, 1.165) is 0 Å². The van der Waals surface area contributed by atoms with E-state index >= 15 is 0 Å². The average molecular weight is 383 g/mol. The molecule has 0 bridgehead atoms. The van der Waals surface area contributed by atoms with Crippen molar-refractivity contribution in [3.05, 3.63) is 52.0 Å². The lowest BCUT2D eigenvalue weighted by atomic mass is 10.1. The predicted octanol–water partition coefficient (Wildman–Crippen LogP) is 4.64. The van der Waals surface area contributed by atoms with Crippen molar-refractivity contribution in [1.29, 1.82) is 0 Å². The summed E-state index contributed by atoms with van der Waals surface area (Å²) in [7, 11) is 4.54. The third-order valence-corrected chi connectivity index (χ3v) is 4.03. The molecule has 0 N–H and O–H groups in total. The molecular formula is C18H16Cl2O5. The summed E-state index contributed by atoms with van der Waals surface area (Å²) in [5, 5.41) is 0.485. The largest absolute Gasteiger partial charge is 0.493 e. The van der Waals surface area contributed by atoms with E-state index in [1.54, 1.807) is 36.4 Å². The van der Waals surface area contributed by atoms with Gasteiger partial charge in [-0.3, -0.25) is 0 Å². The van der Waals surface area contributed by atoms with Gasteiger partial charge in [0.2, 0.25) is 5.75 Å². The van der Waals surface area contributed by atoms with Crippen molar-refractivity contribution in [2.45, 2.75) is 0 Å². The maximum atomic E-state index is 12.0. The maximum absolute atomic E-state index is 12.0. The number of hydrogen-bond acceptors (Lipinski definition) is 5. The molecule has 0 saturated heterocycles. The van der Waals surface area contributed by atoms with Crippen LogP contribution in [-0.2, 0) is 4.79 Å². The second kappa shape index (κ2) is 8.65. The van der Waals surface area contributed by atoms with Gasteiger partial charge in [-0.2, -0.15) is 0 Å². The number of benzene rings is 2. The Kier molecular flexibility index (Phi) is 6.56. The highest BCUT2D eigenvalue weighted by molar-refractivity contribution is 6.43. The minimum atomic E-state index is -0.599. The van der Waals surface area contributed by atoms with Crippen molar-refractivity contribution in [2.24, 2.45) is 0 Å². The quantitative estimate of drug-likeness (QED) is 0.413. The van der Waals surface area contributed by atoms with Gasteiger partial charge in [-0.15, -0.1) is 0 Å². The summed E-state index contributed by atoms with van der Waals surface area (Å²) < 4.78 is 21.0. The number of ether oxygens (including phenoxy) is 4. The summed E-state index contributed by atoms with van der Waals surface area (Å²) >= 11 is 11.9. The van der Waals surface area contributed by atoms with Crippen molar-refractivity contribution in [3.8, 4) is 23.0 Å². The summed E-state index contributed by atoms with van der Waals surface area (Å²) in [6.45, 7) is 0. The fraction of sp³-hybridized carbons (Fsp3) is 0.167. The predicted molar refractivity (Wildman–Crippen MR) is 97.2 cm³/mol. The number of carbonyl (C=O) groups excluding carboxylic acids is 1. The lowest BCUT2D eigenvalue weighted by Gasteiger charge is -2.12. The van der Waals surface area contributed by atoms with E-state index in [-0.39, 0.29) is 10.8 Å². The monoisotopic (exact) mass is 382 g/mol. The zero-order valence-electron chi connectivity index (χ0n) is 13.8. The topological polar surface area (TPSA) is 54.0 Å². The van der Waals surface area contributed by atoms with Crippen LogP contribution in [0, 0.1) is 0 Å². The Morgan fingerprint density at radius 3 is 2.16 bits per heavy atom.